The zero-order valence-electron chi connectivity index (χ0n) is 23.8. The summed E-state index contributed by atoms with van der Waals surface area (Å²) in [5.74, 6) is 5.39. The maximum atomic E-state index is 2.65. The minimum atomic E-state index is 0.793. The minimum Gasteiger partial charge on any atom is -0.0882 e. The molecule has 0 heteroatoms. The molecule has 2 fully saturated rings. The van der Waals surface area contributed by atoms with E-state index >= 15 is 0 Å². The van der Waals surface area contributed by atoms with Crippen molar-refractivity contribution < 1.29 is 0 Å². The number of hydrogen-bond donors (Lipinski definition) is 0. The molecule has 0 radical (unpaired) electrons. The van der Waals surface area contributed by atoms with Crippen LogP contribution in [0.4, 0.5) is 0 Å². The molecule has 1 aromatic carbocycles. The fraction of sp³-hybridized carbons (Fsp3) is 0.722. The van der Waals surface area contributed by atoms with Crippen LogP contribution in [0, 0.1) is 29.6 Å². The van der Waals surface area contributed by atoms with Gasteiger partial charge in [-0.3, -0.25) is 0 Å². The van der Waals surface area contributed by atoms with Gasteiger partial charge >= 0.3 is 0 Å². The van der Waals surface area contributed by atoms with E-state index in [-0.39, 0.29) is 0 Å². The molecule has 0 heterocycles. The van der Waals surface area contributed by atoms with Gasteiger partial charge in [0.25, 0.3) is 0 Å². The average molecular weight is 489 g/mol. The highest BCUT2D eigenvalue weighted by Gasteiger charge is 2.28. The normalized spacial score (nSPS) is 31.2. The molecule has 1 aromatic rings. The number of unbranched alkanes of at least 4 members (excludes halogenated alkanes) is 2. The van der Waals surface area contributed by atoms with E-state index in [1.165, 1.54) is 121 Å². The van der Waals surface area contributed by atoms with E-state index in [2.05, 4.69) is 62.4 Å². The summed E-state index contributed by atoms with van der Waals surface area (Å²) in [5.41, 5.74) is 3.08. The van der Waals surface area contributed by atoms with Gasteiger partial charge in [-0.15, -0.1) is 0 Å². The molecule has 0 N–H and O–H groups in total. The first-order chi connectivity index (χ1) is 17.7. The lowest BCUT2D eigenvalue weighted by molar-refractivity contribution is 0.203. The van der Waals surface area contributed by atoms with Crippen LogP contribution in [0.1, 0.15) is 140 Å². The van der Waals surface area contributed by atoms with Gasteiger partial charge in [-0.2, -0.15) is 0 Å². The summed E-state index contributed by atoms with van der Waals surface area (Å²) in [5, 5.41) is 0. The van der Waals surface area contributed by atoms with E-state index in [0.29, 0.717) is 0 Å². The van der Waals surface area contributed by atoms with Gasteiger partial charge in [-0.1, -0.05) is 107 Å². The van der Waals surface area contributed by atoms with E-state index in [1.807, 2.05) is 0 Å². The number of hydrogen-bond acceptors (Lipinski definition) is 0. The standard InChI is InChI=1S/C36H56/c1-3-5-6-10-30-15-23-35(24-16-30)36-27-19-32(20-28-36)12-8-7-11-31-17-25-34(26-18-31)33-21-13-29(9-4-2)14-22-33/h7,11,13-14,19,21-22,27,30-32,34-36H,3-6,8-10,12,15-18,20,23-26,28H2,1-2H3/b11-7+. The highest BCUT2D eigenvalue weighted by Crippen LogP contribution is 2.41. The van der Waals surface area contributed by atoms with Crippen LogP contribution in [0.15, 0.2) is 48.6 Å². The van der Waals surface area contributed by atoms with Crippen LogP contribution in [0.5, 0.6) is 0 Å². The summed E-state index contributed by atoms with van der Waals surface area (Å²) in [6.45, 7) is 4.60. The van der Waals surface area contributed by atoms with Crippen LogP contribution in [0.3, 0.4) is 0 Å². The summed E-state index contributed by atoms with van der Waals surface area (Å²) in [7, 11) is 0. The monoisotopic (exact) mass is 488 g/mol. The highest BCUT2D eigenvalue weighted by atomic mass is 14.3. The second-order valence-corrected chi connectivity index (χ2v) is 12.8. The summed E-state index contributed by atoms with van der Waals surface area (Å²) in [6.07, 6.45) is 35.7. The van der Waals surface area contributed by atoms with E-state index in [0.717, 1.165) is 35.5 Å². The second kappa shape index (κ2) is 15.2. The molecule has 0 aromatic heterocycles. The molecule has 0 aliphatic heterocycles. The van der Waals surface area contributed by atoms with Crippen molar-refractivity contribution in [1.29, 1.82) is 0 Å². The topological polar surface area (TPSA) is 0 Å². The third kappa shape index (κ3) is 8.63. The molecular formula is C36H56. The molecule has 2 atom stereocenters. The van der Waals surface area contributed by atoms with E-state index in [1.54, 1.807) is 5.56 Å². The third-order valence-electron chi connectivity index (χ3n) is 10.1. The highest BCUT2D eigenvalue weighted by molar-refractivity contribution is 5.26. The Bertz CT molecular complexity index is 767. The van der Waals surface area contributed by atoms with Crippen molar-refractivity contribution in [2.45, 2.75) is 135 Å². The number of allylic oxidation sites excluding steroid dienone is 4. The maximum Gasteiger partial charge on any atom is -0.0162 e. The Hall–Kier alpha value is -1.30. The van der Waals surface area contributed by atoms with Crippen molar-refractivity contribution in [3.63, 3.8) is 0 Å². The fourth-order valence-corrected chi connectivity index (χ4v) is 7.61. The van der Waals surface area contributed by atoms with Crippen molar-refractivity contribution in [2.24, 2.45) is 29.6 Å². The molecule has 200 valence electrons. The van der Waals surface area contributed by atoms with Gasteiger partial charge in [0.1, 0.15) is 0 Å². The molecule has 36 heavy (non-hydrogen) atoms. The molecule has 0 spiro atoms. The van der Waals surface area contributed by atoms with Gasteiger partial charge in [-0.25, -0.2) is 0 Å². The molecule has 2 saturated carbocycles. The summed E-state index contributed by atoms with van der Waals surface area (Å²) in [4.78, 5) is 0. The lowest BCUT2D eigenvalue weighted by Gasteiger charge is -2.35. The quantitative estimate of drug-likeness (QED) is 0.203. The zero-order valence-corrected chi connectivity index (χ0v) is 23.8. The SMILES string of the molecule is CCCCCC1CCC(C2C=CC(CC/C=C/C3CCC(c4ccc(CCC)cc4)CC3)CC2)CC1. The van der Waals surface area contributed by atoms with Gasteiger partial charge < -0.3 is 0 Å². The molecule has 0 amide bonds. The molecule has 0 nitrogen and oxygen atoms in total. The zero-order chi connectivity index (χ0) is 25.0. The predicted octanol–water partition coefficient (Wildman–Crippen LogP) is 11.2. The van der Waals surface area contributed by atoms with Crippen molar-refractivity contribution in [3.05, 3.63) is 59.7 Å². The first kappa shape index (κ1) is 27.7. The summed E-state index contributed by atoms with van der Waals surface area (Å²) >= 11 is 0. The van der Waals surface area contributed by atoms with Crippen LogP contribution < -0.4 is 0 Å². The van der Waals surface area contributed by atoms with Gasteiger partial charge in [-0.05, 0) is 117 Å². The predicted molar refractivity (Wildman–Crippen MR) is 158 cm³/mol. The molecule has 3 aliphatic rings. The van der Waals surface area contributed by atoms with E-state index in [9.17, 15) is 0 Å². The Labute approximate surface area is 224 Å². The number of rotatable bonds is 12. The summed E-state index contributed by atoms with van der Waals surface area (Å²) < 4.78 is 0. The second-order valence-electron chi connectivity index (χ2n) is 12.8. The van der Waals surface area contributed by atoms with Crippen LogP contribution >= 0.6 is 0 Å². The van der Waals surface area contributed by atoms with E-state index < -0.39 is 0 Å². The van der Waals surface area contributed by atoms with Crippen LogP contribution in [0.2, 0.25) is 0 Å². The average Bonchev–Trinajstić information content (AvgIpc) is 2.93. The lowest BCUT2D eigenvalue weighted by Crippen LogP contribution is -2.23. The Kier molecular flexibility index (Phi) is 11.7. The van der Waals surface area contributed by atoms with Gasteiger partial charge in [0.05, 0.1) is 0 Å². The van der Waals surface area contributed by atoms with Crippen molar-refractivity contribution in [3.8, 4) is 0 Å². The first-order valence-corrected chi connectivity index (χ1v) is 16.2. The summed E-state index contributed by atoms with van der Waals surface area (Å²) in [6, 6.07) is 9.56. The third-order valence-corrected chi connectivity index (χ3v) is 10.1. The van der Waals surface area contributed by atoms with Gasteiger partial charge in [0, 0.05) is 0 Å². The molecule has 4 rings (SSSR count). The van der Waals surface area contributed by atoms with Crippen LogP contribution in [-0.2, 0) is 6.42 Å². The molecule has 2 unspecified atom stereocenters. The van der Waals surface area contributed by atoms with Gasteiger partial charge in [0.2, 0.25) is 0 Å². The molecule has 0 bridgehead atoms. The first-order valence-electron chi connectivity index (χ1n) is 16.2. The van der Waals surface area contributed by atoms with Gasteiger partial charge in [0.15, 0.2) is 0 Å². The Morgan fingerprint density at radius 1 is 0.722 bits per heavy atom. The minimum absolute atomic E-state index is 0.793. The largest absolute Gasteiger partial charge is 0.0882 e. The van der Waals surface area contributed by atoms with Crippen molar-refractivity contribution in [1.82, 2.24) is 0 Å². The van der Waals surface area contributed by atoms with Crippen molar-refractivity contribution in [2.75, 3.05) is 0 Å². The Morgan fingerprint density at radius 3 is 2.17 bits per heavy atom. The van der Waals surface area contributed by atoms with E-state index in [4.69, 9.17) is 0 Å². The molecule has 3 aliphatic carbocycles. The fourth-order valence-electron chi connectivity index (χ4n) is 7.61. The Balaban J connectivity index is 1.09. The lowest BCUT2D eigenvalue weighted by atomic mass is 9.71. The Morgan fingerprint density at radius 2 is 1.50 bits per heavy atom. The van der Waals surface area contributed by atoms with Crippen LogP contribution in [-0.4, -0.2) is 0 Å². The molecular weight excluding hydrogens is 432 g/mol. The van der Waals surface area contributed by atoms with Crippen LogP contribution in [0.25, 0.3) is 0 Å². The maximum absolute atomic E-state index is 2.65. The van der Waals surface area contributed by atoms with Crippen molar-refractivity contribution >= 4 is 0 Å². The number of benzene rings is 1. The number of aryl methyl sites for hydroxylation is 1. The smallest absolute Gasteiger partial charge is 0.0162 e. The molecule has 0 saturated heterocycles.